The highest BCUT2D eigenvalue weighted by Crippen LogP contribution is 2.16. The van der Waals surface area contributed by atoms with E-state index in [1.165, 1.54) is 6.07 Å². The number of nitrogens with zero attached hydrogens (tertiary/aromatic N) is 2. The zero-order valence-corrected chi connectivity index (χ0v) is 12.1. The van der Waals surface area contributed by atoms with Crippen molar-refractivity contribution in [3.8, 4) is 0 Å². The lowest BCUT2D eigenvalue weighted by molar-refractivity contribution is 0.0463. The van der Waals surface area contributed by atoms with Gasteiger partial charge in [0.05, 0.1) is 0 Å². The van der Waals surface area contributed by atoms with Crippen LogP contribution in [-0.2, 0) is 17.9 Å². The van der Waals surface area contributed by atoms with Crippen LogP contribution in [0, 0.1) is 0 Å². The number of hydrogen-bond acceptors (Lipinski definition) is 5. The summed E-state index contributed by atoms with van der Waals surface area (Å²) < 4.78 is 6.25. The molecule has 0 amide bonds. The average molecular weight is 308 g/mol. The first-order valence-electron chi connectivity index (χ1n) is 6.31. The maximum atomic E-state index is 12.0. The van der Waals surface area contributed by atoms with E-state index in [0.717, 1.165) is 4.68 Å². The Balaban J connectivity index is 2.16. The van der Waals surface area contributed by atoms with Crippen LogP contribution in [0.3, 0.4) is 0 Å². The van der Waals surface area contributed by atoms with E-state index in [1.54, 1.807) is 31.2 Å². The fraction of sp³-hybridized carbons (Fsp3) is 0.214. The molecule has 21 heavy (non-hydrogen) atoms. The molecule has 0 fully saturated rings. The van der Waals surface area contributed by atoms with Gasteiger partial charge in [-0.3, -0.25) is 4.79 Å². The molecule has 110 valence electrons. The zero-order chi connectivity index (χ0) is 15.4. The van der Waals surface area contributed by atoms with Gasteiger partial charge in [0.2, 0.25) is 0 Å². The number of esters is 1. The van der Waals surface area contributed by atoms with Gasteiger partial charge in [0, 0.05) is 23.2 Å². The van der Waals surface area contributed by atoms with Gasteiger partial charge in [-0.15, -0.1) is 0 Å². The van der Waals surface area contributed by atoms with Crippen LogP contribution in [0.25, 0.3) is 0 Å². The van der Waals surface area contributed by atoms with E-state index in [0.29, 0.717) is 17.1 Å². The summed E-state index contributed by atoms with van der Waals surface area (Å²) in [6.07, 6.45) is 0. The molecule has 0 spiro atoms. The molecule has 0 saturated heterocycles. The lowest BCUT2D eigenvalue weighted by Crippen LogP contribution is -2.27. The molecule has 1 aromatic carbocycles. The van der Waals surface area contributed by atoms with Gasteiger partial charge >= 0.3 is 5.97 Å². The van der Waals surface area contributed by atoms with Crippen molar-refractivity contribution in [2.45, 2.75) is 20.1 Å². The van der Waals surface area contributed by atoms with E-state index in [2.05, 4.69) is 5.10 Å². The van der Waals surface area contributed by atoms with E-state index in [1.807, 2.05) is 0 Å². The summed E-state index contributed by atoms with van der Waals surface area (Å²) in [6.45, 7) is 2.06. The summed E-state index contributed by atoms with van der Waals surface area (Å²) in [6, 6.07) is 8.25. The minimum atomic E-state index is -0.663. The molecule has 0 aliphatic rings. The Morgan fingerprint density at radius 3 is 2.81 bits per heavy atom. The summed E-state index contributed by atoms with van der Waals surface area (Å²) >= 11 is 5.98. The summed E-state index contributed by atoms with van der Waals surface area (Å²) in [4.78, 5) is 23.6. The third-order valence-corrected chi connectivity index (χ3v) is 3.20. The summed E-state index contributed by atoms with van der Waals surface area (Å²) in [5.41, 5.74) is 5.76. The Bertz CT molecular complexity index is 728. The Hall–Kier alpha value is -2.34. The molecule has 2 N–H and O–H groups in total. The van der Waals surface area contributed by atoms with E-state index < -0.39 is 11.5 Å². The molecule has 2 aromatic rings. The fourth-order valence-electron chi connectivity index (χ4n) is 1.71. The Morgan fingerprint density at radius 1 is 1.43 bits per heavy atom. The molecular formula is C14H14ClN3O3. The van der Waals surface area contributed by atoms with E-state index in [9.17, 15) is 9.59 Å². The minimum Gasteiger partial charge on any atom is -0.456 e. The van der Waals surface area contributed by atoms with Crippen molar-refractivity contribution >= 4 is 23.3 Å². The van der Waals surface area contributed by atoms with Gasteiger partial charge in [0.25, 0.3) is 5.56 Å². The van der Waals surface area contributed by atoms with Crippen LogP contribution in [0.4, 0.5) is 5.69 Å². The SMILES string of the molecule is CCn1nc(C(=O)OCc2ccccc2Cl)cc(N)c1=O. The Morgan fingerprint density at radius 2 is 2.14 bits per heavy atom. The van der Waals surface area contributed by atoms with Crippen LogP contribution in [0.15, 0.2) is 35.1 Å². The predicted molar refractivity (Wildman–Crippen MR) is 79.2 cm³/mol. The largest absolute Gasteiger partial charge is 0.456 e. The van der Waals surface area contributed by atoms with Crippen molar-refractivity contribution in [1.82, 2.24) is 9.78 Å². The topological polar surface area (TPSA) is 87.2 Å². The molecule has 0 aliphatic heterocycles. The van der Waals surface area contributed by atoms with Gasteiger partial charge < -0.3 is 10.5 Å². The molecule has 0 atom stereocenters. The smallest absolute Gasteiger partial charge is 0.359 e. The molecule has 1 heterocycles. The van der Waals surface area contributed by atoms with Crippen molar-refractivity contribution in [3.63, 3.8) is 0 Å². The minimum absolute atomic E-state index is 0.0130. The molecule has 7 heteroatoms. The standard InChI is InChI=1S/C14H14ClN3O3/c1-2-18-13(19)11(16)7-12(17-18)14(20)21-8-9-5-3-4-6-10(9)15/h3-7H,2,8,16H2,1H3. The second kappa shape index (κ2) is 6.41. The fourth-order valence-corrected chi connectivity index (χ4v) is 1.90. The summed E-state index contributed by atoms with van der Waals surface area (Å²) in [5.74, 6) is -0.663. The van der Waals surface area contributed by atoms with Crippen LogP contribution < -0.4 is 11.3 Å². The normalized spacial score (nSPS) is 10.4. The van der Waals surface area contributed by atoms with Gasteiger partial charge in [0.1, 0.15) is 12.3 Å². The molecule has 0 unspecified atom stereocenters. The third-order valence-electron chi connectivity index (χ3n) is 2.83. The highest BCUT2D eigenvalue weighted by Gasteiger charge is 2.14. The first-order chi connectivity index (χ1) is 10.0. The Labute approximate surface area is 126 Å². The highest BCUT2D eigenvalue weighted by molar-refractivity contribution is 6.31. The maximum absolute atomic E-state index is 12.0. The quantitative estimate of drug-likeness (QED) is 0.871. The number of hydrogen-bond donors (Lipinski definition) is 1. The average Bonchev–Trinajstić information content (AvgIpc) is 2.48. The number of carbonyl (C=O) groups excluding carboxylic acids is 1. The molecule has 0 saturated carbocycles. The van der Waals surface area contributed by atoms with Crippen molar-refractivity contribution in [2.75, 3.05) is 5.73 Å². The number of benzene rings is 1. The van der Waals surface area contributed by atoms with Crippen LogP contribution in [0.1, 0.15) is 23.0 Å². The number of halogens is 1. The third kappa shape index (κ3) is 3.41. The predicted octanol–water partition coefficient (Wildman–Crippen LogP) is 1.86. The van der Waals surface area contributed by atoms with Crippen molar-refractivity contribution in [1.29, 1.82) is 0 Å². The summed E-state index contributed by atoms with van der Waals surface area (Å²) in [7, 11) is 0. The number of aromatic nitrogens is 2. The van der Waals surface area contributed by atoms with Crippen molar-refractivity contribution in [3.05, 3.63) is 57.0 Å². The number of ether oxygens (including phenoxy) is 1. The van der Waals surface area contributed by atoms with E-state index >= 15 is 0 Å². The summed E-state index contributed by atoms with van der Waals surface area (Å²) in [5, 5.41) is 4.41. The van der Waals surface area contributed by atoms with Crippen molar-refractivity contribution in [2.24, 2.45) is 0 Å². The van der Waals surface area contributed by atoms with Crippen molar-refractivity contribution < 1.29 is 9.53 Å². The number of aryl methyl sites for hydroxylation is 1. The van der Waals surface area contributed by atoms with Gasteiger partial charge in [0.15, 0.2) is 5.69 Å². The second-order valence-electron chi connectivity index (χ2n) is 4.27. The lowest BCUT2D eigenvalue weighted by Gasteiger charge is -2.08. The van der Waals surface area contributed by atoms with Gasteiger partial charge in [-0.25, -0.2) is 9.48 Å². The first-order valence-corrected chi connectivity index (χ1v) is 6.69. The van der Waals surface area contributed by atoms with E-state index in [4.69, 9.17) is 22.1 Å². The molecule has 2 rings (SSSR count). The number of nitrogens with two attached hydrogens (primary N) is 1. The number of carbonyl (C=O) groups is 1. The van der Waals surface area contributed by atoms with Gasteiger partial charge in [-0.05, 0) is 13.0 Å². The van der Waals surface area contributed by atoms with Crippen LogP contribution in [0.5, 0.6) is 0 Å². The monoisotopic (exact) mass is 307 g/mol. The van der Waals surface area contributed by atoms with E-state index in [-0.39, 0.29) is 18.0 Å². The maximum Gasteiger partial charge on any atom is 0.359 e. The number of rotatable bonds is 4. The molecule has 0 aliphatic carbocycles. The van der Waals surface area contributed by atoms with Gasteiger partial charge in [-0.1, -0.05) is 29.8 Å². The molecule has 0 bridgehead atoms. The molecule has 6 nitrogen and oxygen atoms in total. The van der Waals surface area contributed by atoms with Crippen LogP contribution >= 0.6 is 11.6 Å². The Kier molecular flexibility index (Phi) is 4.59. The van der Waals surface area contributed by atoms with Crippen LogP contribution in [0.2, 0.25) is 5.02 Å². The van der Waals surface area contributed by atoms with Crippen LogP contribution in [-0.4, -0.2) is 15.7 Å². The second-order valence-corrected chi connectivity index (χ2v) is 4.68. The first kappa shape index (κ1) is 15.1. The zero-order valence-electron chi connectivity index (χ0n) is 11.4. The lowest BCUT2D eigenvalue weighted by atomic mass is 10.2. The molecule has 1 aromatic heterocycles. The molecular weight excluding hydrogens is 294 g/mol. The number of anilines is 1. The van der Waals surface area contributed by atoms with Gasteiger partial charge in [-0.2, -0.15) is 5.10 Å². The molecule has 0 radical (unpaired) electrons. The highest BCUT2D eigenvalue weighted by atomic mass is 35.5. The number of nitrogen functional groups attached to an aromatic ring is 1.